The summed E-state index contributed by atoms with van der Waals surface area (Å²) in [7, 11) is 0. The van der Waals surface area contributed by atoms with Gasteiger partial charge in [0.2, 0.25) is 0 Å². The predicted molar refractivity (Wildman–Crippen MR) is 66.1 cm³/mol. The molecule has 1 heterocycles. The molecule has 0 amide bonds. The fourth-order valence-electron chi connectivity index (χ4n) is 3.30. The molecular formula is C12H19N3S. The van der Waals surface area contributed by atoms with Crippen molar-refractivity contribution >= 4 is 12.2 Å². The van der Waals surface area contributed by atoms with Gasteiger partial charge in [-0.15, -0.1) is 0 Å². The molecule has 3 nitrogen and oxygen atoms in total. The molecule has 3 rings (SSSR count). The summed E-state index contributed by atoms with van der Waals surface area (Å²) >= 11 is 5.39. The van der Waals surface area contributed by atoms with Gasteiger partial charge in [-0.3, -0.25) is 5.10 Å². The first kappa shape index (κ1) is 10.5. The maximum absolute atomic E-state index is 5.39. The molecule has 0 aliphatic heterocycles. The lowest BCUT2D eigenvalue weighted by Gasteiger charge is -2.17. The highest BCUT2D eigenvalue weighted by Crippen LogP contribution is 2.37. The molecule has 2 aliphatic rings. The Morgan fingerprint density at radius 1 is 1.06 bits per heavy atom. The Morgan fingerprint density at radius 2 is 1.69 bits per heavy atom. The minimum absolute atomic E-state index is 0.627. The van der Waals surface area contributed by atoms with E-state index in [1.54, 1.807) is 0 Å². The molecule has 0 spiro atoms. The van der Waals surface area contributed by atoms with Gasteiger partial charge < -0.3 is 4.57 Å². The Morgan fingerprint density at radius 3 is 2.38 bits per heavy atom. The molecule has 0 bridgehead atoms. The van der Waals surface area contributed by atoms with Crippen LogP contribution in [-0.4, -0.2) is 14.8 Å². The maximum Gasteiger partial charge on any atom is 0.195 e. The molecule has 0 aromatic carbocycles. The second-order valence-electron chi connectivity index (χ2n) is 5.18. The highest BCUT2D eigenvalue weighted by Gasteiger charge is 2.27. The van der Waals surface area contributed by atoms with Gasteiger partial charge in [0, 0.05) is 12.0 Å². The Balaban J connectivity index is 1.95. The molecule has 1 N–H and O–H groups in total. The van der Waals surface area contributed by atoms with Crippen molar-refractivity contribution < 1.29 is 0 Å². The highest BCUT2D eigenvalue weighted by atomic mass is 32.1. The van der Waals surface area contributed by atoms with Crippen LogP contribution in [0.2, 0.25) is 0 Å². The Hall–Kier alpha value is -0.640. The summed E-state index contributed by atoms with van der Waals surface area (Å²) in [6, 6.07) is 0.627. The fraction of sp³-hybridized carbons (Fsp3) is 0.833. The highest BCUT2D eigenvalue weighted by molar-refractivity contribution is 7.71. The van der Waals surface area contributed by atoms with Crippen molar-refractivity contribution in [2.45, 2.75) is 63.3 Å². The quantitative estimate of drug-likeness (QED) is 0.795. The van der Waals surface area contributed by atoms with Crippen LogP contribution in [0.5, 0.6) is 0 Å². The zero-order chi connectivity index (χ0) is 11.0. The average molecular weight is 237 g/mol. The molecule has 0 saturated heterocycles. The van der Waals surface area contributed by atoms with E-state index in [-0.39, 0.29) is 0 Å². The minimum Gasteiger partial charge on any atom is -0.301 e. The van der Waals surface area contributed by atoms with Crippen molar-refractivity contribution in [2.75, 3.05) is 0 Å². The van der Waals surface area contributed by atoms with Crippen molar-refractivity contribution in [2.24, 2.45) is 0 Å². The molecule has 0 atom stereocenters. The van der Waals surface area contributed by atoms with Gasteiger partial charge in [0.25, 0.3) is 0 Å². The summed E-state index contributed by atoms with van der Waals surface area (Å²) in [4.78, 5) is 0. The van der Waals surface area contributed by atoms with Crippen LogP contribution in [0.15, 0.2) is 0 Å². The predicted octanol–water partition coefficient (Wildman–Crippen LogP) is 3.71. The van der Waals surface area contributed by atoms with Crippen molar-refractivity contribution in [3.63, 3.8) is 0 Å². The van der Waals surface area contributed by atoms with E-state index in [2.05, 4.69) is 14.8 Å². The van der Waals surface area contributed by atoms with Crippen LogP contribution < -0.4 is 0 Å². The number of aromatic nitrogens is 3. The first-order valence-electron chi connectivity index (χ1n) is 6.53. The summed E-state index contributed by atoms with van der Waals surface area (Å²) in [5.41, 5.74) is 0. The number of aromatic amines is 1. The molecule has 1 aromatic rings. The van der Waals surface area contributed by atoms with Crippen LogP contribution in [0.1, 0.15) is 69.2 Å². The van der Waals surface area contributed by atoms with E-state index in [1.807, 2.05) is 0 Å². The SMILES string of the molecule is S=c1[nH]nc(C2CCCC2)n1C1CCCC1. The Bertz CT molecular complexity index is 408. The van der Waals surface area contributed by atoms with Crippen LogP contribution >= 0.6 is 12.2 Å². The molecule has 2 aliphatic carbocycles. The lowest BCUT2D eigenvalue weighted by molar-refractivity contribution is 0.470. The second kappa shape index (κ2) is 4.32. The molecule has 4 heteroatoms. The normalized spacial score (nSPS) is 23.2. The van der Waals surface area contributed by atoms with E-state index in [9.17, 15) is 0 Å². The summed E-state index contributed by atoms with van der Waals surface area (Å²) in [5.74, 6) is 1.91. The number of H-pyrrole nitrogens is 1. The van der Waals surface area contributed by atoms with E-state index in [0.717, 1.165) is 4.77 Å². The summed E-state index contributed by atoms with van der Waals surface area (Å²) in [6.07, 6.45) is 10.6. The van der Waals surface area contributed by atoms with Crippen LogP contribution in [0.4, 0.5) is 0 Å². The van der Waals surface area contributed by atoms with Crippen molar-refractivity contribution in [1.29, 1.82) is 0 Å². The molecule has 0 unspecified atom stereocenters. The average Bonchev–Trinajstić information content (AvgIpc) is 2.96. The molecule has 88 valence electrons. The monoisotopic (exact) mass is 237 g/mol. The lowest BCUT2D eigenvalue weighted by Crippen LogP contribution is -2.11. The van der Waals surface area contributed by atoms with E-state index >= 15 is 0 Å². The maximum atomic E-state index is 5.39. The third kappa shape index (κ3) is 1.73. The van der Waals surface area contributed by atoms with Gasteiger partial charge >= 0.3 is 0 Å². The summed E-state index contributed by atoms with van der Waals surface area (Å²) in [5, 5.41) is 7.49. The van der Waals surface area contributed by atoms with Gasteiger partial charge in [0.1, 0.15) is 5.82 Å². The van der Waals surface area contributed by atoms with Gasteiger partial charge in [-0.2, -0.15) is 5.10 Å². The fourth-order valence-corrected chi connectivity index (χ4v) is 3.59. The minimum atomic E-state index is 0.627. The van der Waals surface area contributed by atoms with E-state index < -0.39 is 0 Å². The molecule has 2 saturated carbocycles. The van der Waals surface area contributed by atoms with Gasteiger partial charge in [-0.05, 0) is 37.9 Å². The summed E-state index contributed by atoms with van der Waals surface area (Å²) < 4.78 is 3.17. The molecular weight excluding hydrogens is 218 g/mol. The zero-order valence-corrected chi connectivity index (χ0v) is 10.4. The molecule has 0 radical (unpaired) electrons. The van der Waals surface area contributed by atoms with Crippen LogP contribution in [0, 0.1) is 4.77 Å². The topological polar surface area (TPSA) is 33.6 Å². The number of hydrogen-bond acceptors (Lipinski definition) is 2. The number of nitrogens with zero attached hydrogens (tertiary/aromatic N) is 2. The van der Waals surface area contributed by atoms with Gasteiger partial charge in [-0.25, -0.2) is 0 Å². The Labute approximate surface area is 101 Å². The molecule has 1 aromatic heterocycles. The van der Waals surface area contributed by atoms with Gasteiger partial charge in [0.05, 0.1) is 0 Å². The first-order valence-corrected chi connectivity index (χ1v) is 6.94. The first-order chi connectivity index (χ1) is 7.86. The van der Waals surface area contributed by atoms with E-state index in [1.165, 1.54) is 57.2 Å². The van der Waals surface area contributed by atoms with Crippen molar-refractivity contribution in [1.82, 2.24) is 14.8 Å². The number of nitrogens with one attached hydrogen (secondary N) is 1. The largest absolute Gasteiger partial charge is 0.301 e. The second-order valence-corrected chi connectivity index (χ2v) is 5.56. The smallest absolute Gasteiger partial charge is 0.195 e. The Kier molecular flexibility index (Phi) is 2.84. The van der Waals surface area contributed by atoms with Crippen LogP contribution in [-0.2, 0) is 0 Å². The van der Waals surface area contributed by atoms with Gasteiger partial charge in [0.15, 0.2) is 4.77 Å². The van der Waals surface area contributed by atoms with Crippen molar-refractivity contribution in [3.05, 3.63) is 10.6 Å². The summed E-state index contributed by atoms with van der Waals surface area (Å²) in [6.45, 7) is 0. The lowest BCUT2D eigenvalue weighted by atomic mass is 10.1. The van der Waals surface area contributed by atoms with E-state index in [0.29, 0.717) is 12.0 Å². The third-order valence-corrected chi connectivity index (χ3v) is 4.43. The van der Waals surface area contributed by atoms with Gasteiger partial charge in [-0.1, -0.05) is 25.7 Å². The number of hydrogen-bond donors (Lipinski definition) is 1. The third-order valence-electron chi connectivity index (χ3n) is 4.14. The molecule has 16 heavy (non-hydrogen) atoms. The zero-order valence-electron chi connectivity index (χ0n) is 9.61. The van der Waals surface area contributed by atoms with E-state index in [4.69, 9.17) is 12.2 Å². The molecule has 2 fully saturated rings. The van der Waals surface area contributed by atoms with Crippen LogP contribution in [0.3, 0.4) is 0 Å². The van der Waals surface area contributed by atoms with Crippen LogP contribution in [0.25, 0.3) is 0 Å². The standard InChI is InChI=1S/C12H19N3S/c16-12-14-13-11(9-5-1-2-6-9)15(12)10-7-3-4-8-10/h9-10H,1-8H2,(H,14,16). The number of rotatable bonds is 2. The van der Waals surface area contributed by atoms with Crippen molar-refractivity contribution in [3.8, 4) is 0 Å².